The van der Waals surface area contributed by atoms with Crippen molar-refractivity contribution in [3.63, 3.8) is 0 Å². The molecule has 0 aliphatic carbocycles. The molecule has 0 spiro atoms. The van der Waals surface area contributed by atoms with E-state index < -0.39 is 5.82 Å². The lowest BCUT2D eigenvalue weighted by Gasteiger charge is -2.13. The lowest BCUT2D eigenvalue weighted by Crippen LogP contribution is -2.37. The summed E-state index contributed by atoms with van der Waals surface area (Å²) in [7, 11) is 3.88. The highest BCUT2D eigenvalue weighted by Gasteiger charge is 2.26. The van der Waals surface area contributed by atoms with Crippen LogP contribution in [0.15, 0.2) is 42.6 Å². The molecule has 8 nitrogen and oxygen atoms in total. The molecule has 0 saturated carbocycles. The Bertz CT molecular complexity index is 1460. The standard InChI is InChI=1S/C25H24FN7O/c1-15-23(25(34)28-19-8-9-31(2)14-19)29-24(16-4-5-17(12-27)21(26)11-16)33(15)20-6-7-22-18(10-20)13-32(3)30-22/h4-7,10-11,13,19H,8-9,14H2,1-3H3,(H,28,34). The molecule has 9 heteroatoms. The maximum Gasteiger partial charge on any atom is 0.272 e. The van der Waals surface area contributed by atoms with Crippen molar-refractivity contribution in [1.29, 1.82) is 5.26 Å². The maximum absolute atomic E-state index is 14.5. The summed E-state index contributed by atoms with van der Waals surface area (Å²) in [6, 6.07) is 12.0. The van der Waals surface area contributed by atoms with Gasteiger partial charge in [-0.25, -0.2) is 9.37 Å². The van der Waals surface area contributed by atoms with Crippen LogP contribution in [-0.4, -0.2) is 56.3 Å². The van der Waals surface area contributed by atoms with Gasteiger partial charge in [0.2, 0.25) is 0 Å². The van der Waals surface area contributed by atoms with Crippen molar-refractivity contribution >= 4 is 16.8 Å². The van der Waals surface area contributed by atoms with Crippen molar-refractivity contribution in [2.45, 2.75) is 19.4 Å². The fourth-order valence-electron chi connectivity index (χ4n) is 4.55. The van der Waals surface area contributed by atoms with Gasteiger partial charge in [-0.3, -0.25) is 14.0 Å². The van der Waals surface area contributed by atoms with Crippen molar-refractivity contribution in [2.75, 3.05) is 20.1 Å². The first-order chi connectivity index (χ1) is 16.3. The van der Waals surface area contributed by atoms with Crippen LogP contribution in [0.4, 0.5) is 4.39 Å². The highest BCUT2D eigenvalue weighted by atomic mass is 19.1. The van der Waals surface area contributed by atoms with E-state index in [9.17, 15) is 9.18 Å². The molecule has 0 bridgehead atoms. The topological polar surface area (TPSA) is 91.8 Å². The Morgan fingerprint density at radius 3 is 2.76 bits per heavy atom. The molecule has 1 atom stereocenters. The van der Waals surface area contributed by atoms with Crippen LogP contribution in [0.2, 0.25) is 0 Å². The Balaban J connectivity index is 1.63. The summed E-state index contributed by atoms with van der Waals surface area (Å²) in [5.41, 5.74) is 3.00. The number of carbonyl (C=O) groups is 1. The Hall–Kier alpha value is -4.03. The Labute approximate surface area is 196 Å². The number of fused-ring (bicyclic) bond motifs is 1. The number of likely N-dealkylation sites (N-methyl/N-ethyl adjacent to an activating group) is 1. The molecule has 2 aromatic carbocycles. The highest BCUT2D eigenvalue weighted by molar-refractivity contribution is 5.95. The first-order valence-corrected chi connectivity index (χ1v) is 11.1. The zero-order valence-corrected chi connectivity index (χ0v) is 19.2. The third kappa shape index (κ3) is 3.82. The summed E-state index contributed by atoms with van der Waals surface area (Å²) < 4.78 is 18.1. The normalized spacial score (nSPS) is 16.1. The molecule has 1 saturated heterocycles. The lowest BCUT2D eigenvalue weighted by atomic mass is 10.1. The van der Waals surface area contributed by atoms with E-state index in [-0.39, 0.29) is 17.5 Å². The number of carbonyl (C=O) groups excluding carboxylic acids is 1. The van der Waals surface area contributed by atoms with Crippen LogP contribution < -0.4 is 5.32 Å². The van der Waals surface area contributed by atoms with E-state index in [4.69, 9.17) is 5.26 Å². The van der Waals surface area contributed by atoms with E-state index in [0.29, 0.717) is 22.8 Å². The predicted molar refractivity (Wildman–Crippen MR) is 126 cm³/mol. The predicted octanol–water partition coefficient (Wildman–Crippen LogP) is 3.18. The summed E-state index contributed by atoms with van der Waals surface area (Å²) in [4.78, 5) is 20.0. The molecule has 172 valence electrons. The minimum Gasteiger partial charge on any atom is -0.347 e. The van der Waals surface area contributed by atoms with Gasteiger partial charge in [0.1, 0.15) is 23.4 Å². The first-order valence-electron chi connectivity index (χ1n) is 11.1. The Morgan fingerprint density at radius 1 is 1.24 bits per heavy atom. The zero-order valence-electron chi connectivity index (χ0n) is 19.2. The quantitative estimate of drug-likeness (QED) is 0.508. The minimum absolute atomic E-state index is 0.0429. The van der Waals surface area contributed by atoms with Crippen LogP contribution in [0.5, 0.6) is 0 Å². The molecular weight excluding hydrogens is 433 g/mol. The van der Waals surface area contributed by atoms with Crippen LogP contribution in [0, 0.1) is 24.1 Å². The third-order valence-electron chi connectivity index (χ3n) is 6.26. The number of imidazole rings is 1. The van der Waals surface area contributed by atoms with E-state index in [1.807, 2.05) is 56.1 Å². The third-order valence-corrected chi connectivity index (χ3v) is 6.26. The maximum atomic E-state index is 14.5. The monoisotopic (exact) mass is 457 g/mol. The molecule has 1 fully saturated rings. The van der Waals surface area contributed by atoms with Gasteiger partial charge < -0.3 is 10.2 Å². The molecular formula is C25H24FN7O. The number of hydrogen-bond acceptors (Lipinski definition) is 5. The number of amides is 1. The van der Waals surface area contributed by atoms with Gasteiger partial charge in [-0.1, -0.05) is 0 Å². The molecule has 34 heavy (non-hydrogen) atoms. The van der Waals surface area contributed by atoms with Gasteiger partial charge in [0.25, 0.3) is 5.91 Å². The fourth-order valence-corrected chi connectivity index (χ4v) is 4.55. The van der Waals surface area contributed by atoms with Gasteiger partial charge >= 0.3 is 0 Å². The van der Waals surface area contributed by atoms with Gasteiger partial charge in [0.05, 0.1) is 16.8 Å². The lowest BCUT2D eigenvalue weighted by molar-refractivity contribution is 0.0933. The number of rotatable bonds is 4. The number of nitriles is 1. The molecule has 4 aromatic rings. The second-order valence-corrected chi connectivity index (χ2v) is 8.78. The van der Waals surface area contributed by atoms with Crippen molar-refractivity contribution in [3.8, 4) is 23.1 Å². The minimum atomic E-state index is -0.630. The fraction of sp³-hybridized carbons (Fsp3) is 0.280. The van der Waals surface area contributed by atoms with Crippen molar-refractivity contribution in [1.82, 2.24) is 29.5 Å². The van der Waals surface area contributed by atoms with Crippen molar-refractivity contribution < 1.29 is 9.18 Å². The molecule has 3 heterocycles. The molecule has 0 radical (unpaired) electrons. The van der Waals surface area contributed by atoms with Crippen LogP contribution in [0.3, 0.4) is 0 Å². The molecule has 1 aliphatic heterocycles. The number of nitrogens with one attached hydrogen (secondary N) is 1. The van der Waals surface area contributed by atoms with Gasteiger partial charge in [-0.2, -0.15) is 10.4 Å². The summed E-state index contributed by atoms with van der Waals surface area (Å²) in [5.74, 6) is -0.456. The number of aromatic nitrogens is 4. The average molecular weight is 458 g/mol. The van der Waals surface area contributed by atoms with Gasteiger partial charge in [-0.05, 0) is 63.3 Å². The largest absolute Gasteiger partial charge is 0.347 e. The van der Waals surface area contributed by atoms with Gasteiger partial charge in [0, 0.05) is 42.5 Å². The number of aryl methyl sites for hydroxylation is 1. The first kappa shape index (κ1) is 21.8. The molecule has 1 N–H and O–H groups in total. The molecule has 5 rings (SSSR count). The SMILES string of the molecule is Cc1c(C(=O)NC2CCN(C)C2)nc(-c2ccc(C#N)c(F)c2)n1-c1ccc2nn(C)cc2c1. The summed E-state index contributed by atoms with van der Waals surface area (Å²) >= 11 is 0. The van der Waals surface area contributed by atoms with Gasteiger partial charge in [-0.15, -0.1) is 0 Å². The molecule has 1 unspecified atom stereocenters. The smallest absolute Gasteiger partial charge is 0.272 e. The summed E-state index contributed by atoms with van der Waals surface area (Å²) in [5, 5.41) is 17.6. The average Bonchev–Trinajstić information content (AvgIpc) is 3.48. The highest BCUT2D eigenvalue weighted by Crippen LogP contribution is 2.29. The zero-order chi connectivity index (χ0) is 24.0. The van der Waals surface area contributed by atoms with Crippen LogP contribution in [0.25, 0.3) is 28.0 Å². The number of likely N-dealkylation sites (tertiary alicyclic amines) is 1. The van der Waals surface area contributed by atoms with E-state index >= 15 is 0 Å². The summed E-state index contributed by atoms with van der Waals surface area (Å²) in [6.07, 6.45) is 2.80. The van der Waals surface area contributed by atoms with E-state index in [2.05, 4.69) is 20.3 Å². The van der Waals surface area contributed by atoms with E-state index in [1.54, 1.807) is 10.7 Å². The molecule has 2 aromatic heterocycles. The van der Waals surface area contributed by atoms with E-state index in [0.717, 1.165) is 36.1 Å². The molecule has 1 aliphatic rings. The second kappa shape index (κ2) is 8.39. The Kier molecular flexibility index (Phi) is 5.38. The second-order valence-electron chi connectivity index (χ2n) is 8.78. The number of benzene rings is 2. The number of nitrogens with zero attached hydrogens (tertiary/aromatic N) is 6. The summed E-state index contributed by atoms with van der Waals surface area (Å²) in [6.45, 7) is 3.55. The van der Waals surface area contributed by atoms with Crippen LogP contribution in [0.1, 0.15) is 28.2 Å². The van der Waals surface area contributed by atoms with Crippen LogP contribution in [-0.2, 0) is 7.05 Å². The number of halogens is 1. The van der Waals surface area contributed by atoms with Crippen molar-refractivity contribution in [2.24, 2.45) is 7.05 Å². The molecule has 1 amide bonds. The number of hydrogen-bond donors (Lipinski definition) is 1. The van der Waals surface area contributed by atoms with Crippen molar-refractivity contribution in [3.05, 3.63) is 65.4 Å². The van der Waals surface area contributed by atoms with Gasteiger partial charge in [0.15, 0.2) is 0 Å². The van der Waals surface area contributed by atoms with Crippen LogP contribution >= 0.6 is 0 Å². The Morgan fingerprint density at radius 2 is 2.06 bits per heavy atom. The van der Waals surface area contributed by atoms with E-state index in [1.165, 1.54) is 12.1 Å².